The number of aliphatic carboxylic acids is 1. The average Bonchev–Trinajstić information content (AvgIpc) is 3.36. The molecule has 9 nitrogen and oxygen atoms in total. The summed E-state index contributed by atoms with van der Waals surface area (Å²) in [6, 6.07) is 7.33. The molecule has 0 spiro atoms. The van der Waals surface area contributed by atoms with Crippen molar-refractivity contribution in [3.8, 4) is 5.75 Å². The van der Waals surface area contributed by atoms with Gasteiger partial charge in [-0.1, -0.05) is 41.8 Å². The van der Waals surface area contributed by atoms with Gasteiger partial charge >= 0.3 is 5.97 Å². The molecule has 2 heterocycles. The Morgan fingerprint density at radius 2 is 1.70 bits per heavy atom. The molecule has 11 heteroatoms. The molecule has 0 unspecified atom stereocenters. The molecule has 2 N–H and O–H groups in total. The number of carboxylic acids is 1. The fourth-order valence-electron chi connectivity index (χ4n) is 8.43. The highest BCUT2D eigenvalue weighted by Gasteiger charge is 2.67. The normalized spacial score (nSPS) is 28.7. The topological polar surface area (TPSA) is 132 Å². The van der Waals surface area contributed by atoms with Gasteiger partial charge in [-0.15, -0.1) is 0 Å². The number of benzene rings is 2. The second-order valence-electron chi connectivity index (χ2n) is 13.3. The van der Waals surface area contributed by atoms with Crippen molar-refractivity contribution in [2.45, 2.75) is 65.2 Å². The first-order valence-electron chi connectivity index (χ1n) is 15.7. The minimum absolute atomic E-state index is 0.0220. The number of allylic oxidation sites excluding steroid dienone is 2. The Balaban J connectivity index is 1.41. The van der Waals surface area contributed by atoms with E-state index in [0.717, 1.165) is 22.1 Å². The predicted octanol–water partition coefficient (Wildman–Crippen LogP) is 5.68. The van der Waals surface area contributed by atoms with Gasteiger partial charge < -0.3 is 10.2 Å². The van der Waals surface area contributed by atoms with Crippen molar-refractivity contribution in [2.75, 3.05) is 11.4 Å². The minimum atomic E-state index is -1.28. The smallest absolute Gasteiger partial charge is 0.303 e. The van der Waals surface area contributed by atoms with E-state index in [9.17, 15) is 33.5 Å². The first-order chi connectivity index (χ1) is 21.8. The van der Waals surface area contributed by atoms with E-state index in [2.05, 4.69) is 0 Å². The Kier molecular flexibility index (Phi) is 8.07. The van der Waals surface area contributed by atoms with Crippen LogP contribution in [0.3, 0.4) is 0 Å². The van der Waals surface area contributed by atoms with Crippen LogP contribution >= 0.6 is 11.6 Å². The van der Waals surface area contributed by atoms with Crippen LogP contribution in [-0.2, 0) is 24.0 Å². The van der Waals surface area contributed by atoms with E-state index in [1.807, 2.05) is 18.2 Å². The number of carbonyl (C=O) groups excluding carboxylic acids is 4. The molecule has 6 rings (SSSR count). The summed E-state index contributed by atoms with van der Waals surface area (Å²) >= 11 is 6.06. The number of anilines is 1. The molecule has 2 aromatic carbocycles. The molecule has 0 bridgehead atoms. The maximum atomic E-state index is 14.5. The summed E-state index contributed by atoms with van der Waals surface area (Å²) in [5, 5.41) is 19.3. The molecule has 2 saturated heterocycles. The molecule has 242 valence electrons. The lowest BCUT2D eigenvalue weighted by molar-refractivity contribution is -0.141. The Bertz CT molecular complexity index is 1700. The summed E-state index contributed by atoms with van der Waals surface area (Å²) in [7, 11) is 0. The highest BCUT2D eigenvalue weighted by molar-refractivity contribution is 6.31. The quantitative estimate of drug-likeness (QED) is 0.214. The van der Waals surface area contributed by atoms with Crippen molar-refractivity contribution in [1.82, 2.24) is 4.90 Å². The van der Waals surface area contributed by atoms with Gasteiger partial charge in [0, 0.05) is 18.9 Å². The molecule has 2 aromatic rings. The summed E-state index contributed by atoms with van der Waals surface area (Å²) in [5.74, 6) is -6.21. The van der Waals surface area contributed by atoms with Crippen molar-refractivity contribution in [3.05, 3.63) is 69.5 Å². The van der Waals surface area contributed by atoms with Crippen LogP contribution in [0, 0.1) is 48.8 Å². The molecule has 46 heavy (non-hydrogen) atoms. The lowest BCUT2D eigenvalue weighted by Gasteiger charge is -2.49. The number of aryl methyl sites for hydroxylation is 2. The number of fused-ring (bicyclic) bond motifs is 4. The molecule has 6 atom stereocenters. The maximum Gasteiger partial charge on any atom is 0.303 e. The van der Waals surface area contributed by atoms with Gasteiger partial charge in [0.2, 0.25) is 23.6 Å². The zero-order valence-corrected chi connectivity index (χ0v) is 26.6. The van der Waals surface area contributed by atoms with E-state index in [0.29, 0.717) is 36.8 Å². The molecule has 0 aromatic heterocycles. The van der Waals surface area contributed by atoms with Gasteiger partial charge in [0.15, 0.2) is 0 Å². The SMILES string of the molecule is Cc1cc([C@H]2C3=CC[C@@H]4C(=O)N(CCCCCC(=O)O)C(=O)[C@@H]4[C@@H]3C[C@H]3C(=O)N(c4ccc(F)c(Cl)c4)C(=O)[C@@]23C)cc(C)c1O. The second-order valence-corrected chi connectivity index (χ2v) is 13.7. The number of halogens is 2. The van der Waals surface area contributed by atoms with E-state index in [1.165, 1.54) is 17.0 Å². The Labute approximate surface area is 271 Å². The molecule has 2 aliphatic heterocycles. The highest BCUT2D eigenvalue weighted by atomic mass is 35.5. The number of rotatable bonds is 8. The number of hydrogen-bond donors (Lipinski definition) is 2. The number of imide groups is 2. The summed E-state index contributed by atoms with van der Waals surface area (Å²) < 4.78 is 14.1. The summed E-state index contributed by atoms with van der Waals surface area (Å²) in [5.41, 5.74) is 1.64. The number of phenolic OH excluding ortho intramolecular Hbond substituents is 1. The number of amides is 4. The zero-order valence-electron chi connectivity index (χ0n) is 25.9. The molecule has 4 amide bonds. The molecule has 4 aliphatic rings. The standard InChI is InChI=1S/C35H36ClFN2O7/c1-17-13-19(14-18(2)30(17)42)29-21-9-10-22-28(33(45)38(31(22)43)12-6-4-5-7-27(40)41)23(21)16-24-32(44)39(34(46)35(24,29)3)20-8-11-26(37)25(36)15-20/h8-9,11,13-15,22-24,28-29,42H,4-7,10,12,16H2,1-3H3,(H,40,41)/t22-,23+,24-,28-,29-,35+/m0/s1. The summed E-state index contributed by atoms with van der Waals surface area (Å²) in [6.45, 7) is 5.49. The van der Waals surface area contributed by atoms with Crippen LogP contribution < -0.4 is 4.90 Å². The largest absolute Gasteiger partial charge is 0.507 e. The van der Waals surface area contributed by atoms with Crippen molar-refractivity contribution in [1.29, 1.82) is 0 Å². The Morgan fingerprint density at radius 3 is 2.35 bits per heavy atom. The first-order valence-corrected chi connectivity index (χ1v) is 16.1. The second kappa shape index (κ2) is 11.6. The van der Waals surface area contributed by atoms with Crippen molar-refractivity contribution in [3.63, 3.8) is 0 Å². The number of aromatic hydroxyl groups is 1. The van der Waals surface area contributed by atoms with E-state index in [4.69, 9.17) is 16.7 Å². The fraction of sp³-hybridized carbons (Fsp3) is 0.457. The molecular weight excluding hydrogens is 615 g/mol. The van der Waals surface area contributed by atoms with Gasteiger partial charge in [0.05, 0.1) is 33.9 Å². The predicted molar refractivity (Wildman–Crippen MR) is 166 cm³/mol. The van der Waals surface area contributed by atoms with Crippen LogP contribution in [0.2, 0.25) is 5.02 Å². The third-order valence-corrected chi connectivity index (χ3v) is 10.9. The van der Waals surface area contributed by atoms with Gasteiger partial charge in [0.25, 0.3) is 0 Å². The third kappa shape index (κ3) is 4.84. The van der Waals surface area contributed by atoms with Crippen LogP contribution in [0.1, 0.15) is 68.1 Å². The number of likely N-dealkylation sites (tertiary alicyclic amines) is 1. The van der Waals surface area contributed by atoms with E-state index in [1.54, 1.807) is 20.8 Å². The third-order valence-electron chi connectivity index (χ3n) is 10.6. The number of carboxylic acid groups (broad SMARTS) is 1. The Morgan fingerprint density at radius 1 is 1.00 bits per heavy atom. The number of carbonyl (C=O) groups is 5. The van der Waals surface area contributed by atoms with Gasteiger partial charge in [0.1, 0.15) is 11.6 Å². The van der Waals surface area contributed by atoms with E-state index < -0.39 is 58.6 Å². The molecule has 3 fully saturated rings. The number of hydrogen-bond acceptors (Lipinski definition) is 6. The lowest BCUT2D eigenvalue weighted by Crippen LogP contribution is -2.49. The first kappa shape index (κ1) is 31.9. The van der Waals surface area contributed by atoms with E-state index >= 15 is 0 Å². The summed E-state index contributed by atoms with van der Waals surface area (Å²) in [6.07, 6.45) is 3.98. The van der Waals surface area contributed by atoms with Gasteiger partial charge in [-0.3, -0.25) is 28.9 Å². The highest BCUT2D eigenvalue weighted by Crippen LogP contribution is 2.63. The zero-order chi connectivity index (χ0) is 33.2. The number of phenols is 1. The van der Waals surface area contributed by atoms with Crippen LogP contribution in [0.5, 0.6) is 5.75 Å². The molecule has 0 radical (unpaired) electrons. The monoisotopic (exact) mass is 650 g/mol. The number of nitrogens with zero attached hydrogens (tertiary/aromatic N) is 2. The minimum Gasteiger partial charge on any atom is -0.507 e. The molecule has 1 saturated carbocycles. The average molecular weight is 651 g/mol. The fourth-order valence-corrected chi connectivity index (χ4v) is 8.61. The van der Waals surface area contributed by atoms with Crippen LogP contribution in [0.4, 0.5) is 10.1 Å². The summed E-state index contributed by atoms with van der Waals surface area (Å²) in [4.78, 5) is 69.5. The van der Waals surface area contributed by atoms with Crippen molar-refractivity contribution >= 4 is 46.9 Å². The number of unbranched alkanes of at least 4 members (excludes halogenated alkanes) is 2. The van der Waals surface area contributed by atoms with Gasteiger partial charge in [-0.2, -0.15) is 0 Å². The van der Waals surface area contributed by atoms with Crippen molar-refractivity contribution < 1.29 is 38.6 Å². The Hall–Kier alpha value is -4.05. The van der Waals surface area contributed by atoms with Gasteiger partial charge in [-0.25, -0.2) is 9.29 Å². The lowest BCUT2D eigenvalue weighted by atomic mass is 9.51. The van der Waals surface area contributed by atoms with E-state index in [-0.39, 0.29) is 47.7 Å². The van der Waals surface area contributed by atoms with Crippen LogP contribution in [-0.4, -0.2) is 51.3 Å². The maximum absolute atomic E-state index is 14.5. The van der Waals surface area contributed by atoms with Crippen LogP contribution in [0.25, 0.3) is 0 Å². The van der Waals surface area contributed by atoms with Gasteiger partial charge in [-0.05, 0) is 87.3 Å². The van der Waals surface area contributed by atoms with Crippen LogP contribution in [0.15, 0.2) is 42.0 Å². The molecule has 2 aliphatic carbocycles. The van der Waals surface area contributed by atoms with Crippen molar-refractivity contribution in [2.24, 2.45) is 29.1 Å². The molecular formula is C35H36ClFN2O7.